The van der Waals surface area contributed by atoms with Crippen molar-refractivity contribution >= 4 is 23.4 Å². The molecule has 1 aromatic carbocycles. The molecule has 21 heavy (non-hydrogen) atoms. The Bertz CT molecular complexity index is 495. The molecule has 0 aliphatic carbocycles. The van der Waals surface area contributed by atoms with Crippen molar-refractivity contribution in [3.63, 3.8) is 0 Å². The van der Waals surface area contributed by atoms with Crippen LogP contribution < -0.4 is 10.2 Å². The third-order valence-corrected chi connectivity index (χ3v) is 3.47. The fourth-order valence-electron chi connectivity index (χ4n) is 2.47. The van der Waals surface area contributed by atoms with Gasteiger partial charge in [0, 0.05) is 37.6 Å². The van der Waals surface area contributed by atoms with Crippen LogP contribution in [0.4, 0.5) is 16.2 Å². The predicted molar refractivity (Wildman–Crippen MR) is 79.5 cm³/mol. The van der Waals surface area contributed by atoms with Crippen LogP contribution in [-0.4, -0.2) is 38.4 Å². The average Bonchev–Trinajstić information content (AvgIpc) is 2.50. The number of benzene rings is 1. The van der Waals surface area contributed by atoms with E-state index in [1.54, 1.807) is 24.0 Å². The molecule has 1 heterocycles. The first-order chi connectivity index (χ1) is 10.1. The van der Waals surface area contributed by atoms with E-state index >= 15 is 0 Å². The van der Waals surface area contributed by atoms with E-state index in [4.69, 9.17) is 4.74 Å². The van der Waals surface area contributed by atoms with Gasteiger partial charge in [-0.2, -0.15) is 0 Å². The van der Waals surface area contributed by atoms with Crippen molar-refractivity contribution in [1.82, 2.24) is 0 Å². The summed E-state index contributed by atoms with van der Waals surface area (Å²) in [6.45, 7) is 2.92. The average molecular weight is 292 g/mol. The lowest BCUT2D eigenvalue weighted by Gasteiger charge is -2.33. The van der Waals surface area contributed by atoms with Crippen molar-refractivity contribution in [2.45, 2.75) is 25.8 Å². The summed E-state index contributed by atoms with van der Waals surface area (Å²) in [5.74, 6) is 0.00979. The second-order valence-electron chi connectivity index (χ2n) is 4.90. The van der Waals surface area contributed by atoms with E-state index in [9.17, 15) is 9.59 Å². The molecule has 6 heteroatoms. The molecular formula is C15H20N2O4. The molecule has 114 valence electrons. The second kappa shape index (κ2) is 7.08. The largest absolute Gasteiger partial charge is 0.453 e. The smallest absolute Gasteiger partial charge is 0.411 e. The second-order valence-corrected chi connectivity index (χ2v) is 4.90. The number of hydrogen-bond donors (Lipinski definition) is 1. The van der Waals surface area contributed by atoms with Gasteiger partial charge in [-0.25, -0.2) is 4.79 Å². The van der Waals surface area contributed by atoms with Gasteiger partial charge in [0.25, 0.3) is 0 Å². The van der Waals surface area contributed by atoms with E-state index < -0.39 is 6.09 Å². The molecule has 0 unspecified atom stereocenters. The number of ether oxygens (including phenoxy) is 2. The number of carbonyl (C=O) groups is 2. The summed E-state index contributed by atoms with van der Waals surface area (Å²) in [5, 5.41) is 2.58. The molecule has 6 nitrogen and oxygen atoms in total. The van der Waals surface area contributed by atoms with Crippen LogP contribution in [0.2, 0.25) is 0 Å². The summed E-state index contributed by atoms with van der Waals surface area (Å²) in [4.78, 5) is 24.9. The topological polar surface area (TPSA) is 67.9 Å². The summed E-state index contributed by atoms with van der Waals surface area (Å²) in [6, 6.07) is 7.31. The number of anilines is 2. The monoisotopic (exact) mass is 292 g/mol. The number of methoxy groups -OCH3 is 1. The van der Waals surface area contributed by atoms with Gasteiger partial charge in [-0.3, -0.25) is 10.1 Å². The number of hydrogen-bond acceptors (Lipinski definition) is 4. The van der Waals surface area contributed by atoms with Gasteiger partial charge in [0.2, 0.25) is 5.91 Å². The van der Waals surface area contributed by atoms with Gasteiger partial charge >= 0.3 is 6.09 Å². The fourth-order valence-corrected chi connectivity index (χ4v) is 2.47. The molecule has 1 aliphatic rings. The molecule has 0 saturated carbocycles. The Labute approximate surface area is 124 Å². The molecule has 2 rings (SSSR count). The maximum Gasteiger partial charge on any atom is 0.411 e. The van der Waals surface area contributed by atoms with Crippen molar-refractivity contribution in [2.24, 2.45) is 0 Å². The fraction of sp³-hybridized carbons (Fsp3) is 0.467. The highest BCUT2D eigenvalue weighted by Gasteiger charge is 2.24. The zero-order chi connectivity index (χ0) is 15.2. The van der Waals surface area contributed by atoms with Crippen LogP contribution in [0.3, 0.4) is 0 Å². The SMILES string of the molecule is COC(=O)Nc1ccc(N(C(C)=O)C2CCOCC2)cc1. The maximum atomic E-state index is 11.9. The molecule has 1 aliphatic heterocycles. The molecule has 0 spiro atoms. The van der Waals surface area contributed by atoms with E-state index in [0.29, 0.717) is 18.9 Å². The molecule has 0 bridgehead atoms. The molecular weight excluding hydrogens is 272 g/mol. The van der Waals surface area contributed by atoms with Crippen LogP contribution in [-0.2, 0) is 14.3 Å². The minimum absolute atomic E-state index is 0.00979. The molecule has 1 saturated heterocycles. The third kappa shape index (κ3) is 3.95. The first kappa shape index (κ1) is 15.3. The van der Waals surface area contributed by atoms with Gasteiger partial charge < -0.3 is 14.4 Å². The highest BCUT2D eigenvalue weighted by Crippen LogP contribution is 2.24. The highest BCUT2D eigenvalue weighted by atomic mass is 16.5. The molecule has 1 aromatic rings. The van der Waals surface area contributed by atoms with Crippen LogP contribution in [0.15, 0.2) is 24.3 Å². The van der Waals surface area contributed by atoms with E-state index in [1.165, 1.54) is 7.11 Å². The number of nitrogens with one attached hydrogen (secondary N) is 1. The molecule has 0 atom stereocenters. The van der Waals surface area contributed by atoms with Gasteiger partial charge in [-0.05, 0) is 37.1 Å². The lowest BCUT2D eigenvalue weighted by molar-refractivity contribution is -0.117. The van der Waals surface area contributed by atoms with Gasteiger partial charge in [0.05, 0.1) is 7.11 Å². The molecule has 1 fully saturated rings. The quantitative estimate of drug-likeness (QED) is 0.929. The van der Waals surface area contributed by atoms with Gasteiger partial charge in [0.1, 0.15) is 0 Å². The van der Waals surface area contributed by atoms with E-state index in [0.717, 1.165) is 18.5 Å². The Morgan fingerprint density at radius 1 is 1.24 bits per heavy atom. The lowest BCUT2D eigenvalue weighted by Crippen LogP contribution is -2.42. The lowest BCUT2D eigenvalue weighted by atomic mass is 10.1. The Balaban J connectivity index is 2.13. The summed E-state index contributed by atoms with van der Waals surface area (Å²) in [5.41, 5.74) is 1.45. The van der Waals surface area contributed by atoms with Crippen molar-refractivity contribution in [1.29, 1.82) is 0 Å². The summed E-state index contributed by atoms with van der Waals surface area (Å²) in [7, 11) is 1.31. The van der Waals surface area contributed by atoms with Crippen LogP contribution >= 0.6 is 0 Å². The van der Waals surface area contributed by atoms with Crippen LogP contribution in [0, 0.1) is 0 Å². The number of nitrogens with zero attached hydrogens (tertiary/aromatic N) is 1. The third-order valence-electron chi connectivity index (χ3n) is 3.47. The van der Waals surface area contributed by atoms with Gasteiger partial charge in [0.15, 0.2) is 0 Å². The normalized spacial score (nSPS) is 15.3. The van der Waals surface area contributed by atoms with Gasteiger partial charge in [-0.15, -0.1) is 0 Å². The first-order valence-electron chi connectivity index (χ1n) is 6.94. The van der Waals surface area contributed by atoms with Crippen LogP contribution in [0.25, 0.3) is 0 Å². The number of carbonyl (C=O) groups excluding carboxylic acids is 2. The van der Waals surface area contributed by atoms with E-state index in [2.05, 4.69) is 10.1 Å². The summed E-state index contributed by atoms with van der Waals surface area (Å²) >= 11 is 0. The highest BCUT2D eigenvalue weighted by molar-refractivity contribution is 5.92. The Hall–Kier alpha value is -2.08. The number of rotatable bonds is 3. The molecule has 1 N–H and O–H groups in total. The molecule has 2 amide bonds. The number of amides is 2. The summed E-state index contributed by atoms with van der Waals surface area (Å²) < 4.78 is 9.88. The van der Waals surface area contributed by atoms with Crippen molar-refractivity contribution in [3.05, 3.63) is 24.3 Å². The van der Waals surface area contributed by atoms with Crippen molar-refractivity contribution in [2.75, 3.05) is 30.5 Å². The first-order valence-corrected chi connectivity index (χ1v) is 6.94. The Morgan fingerprint density at radius 2 is 1.86 bits per heavy atom. The zero-order valence-corrected chi connectivity index (χ0v) is 12.3. The van der Waals surface area contributed by atoms with Crippen LogP contribution in [0.5, 0.6) is 0 Å². The van der Waals surface area contributed by atoms with E-state index in [-0.39, 0.29) is 11.9 Å². The van der Waals surface area contributed by atoms with Crippen molar-refractivity contribution < 1.29 is 19.1 Å². The Kier molecular flexibility index (Phi) is 5.16. The van der Waals surface area contributed by atoms with Crippen LogP contribution in [0.1, 0.15) is 19.8 Å². The predicted octanol–water partition coefficient (Wildman–Crippen LogP) is 2.40. The maximum absolute atomic E-state index is 11.9. The minimum Gasteiger partial charge on any atom is -0.453 e. The van der Waals surface area contributed by atoms with Gasteiger partial charge in [-0.1, -0.05) is 0 Å². The minimum atomic E-state index is -0.518. The van der Waals surface area contributed by atoms with E-state index in [1.807, 2.05) is 12.1 Å². The molecule has 0 aromatic heterocycles. The zero-order valence-electron chi connectivity index (χ0n) is 12.3. The Morgan fingerprint density at radius 3 is 2.38 bits per heavy atom. The summed E-state index contributed by atoms with van der Waals surface area (Å²) in [6.07, 6.45) is 1.15. The molecule has 0 radical (unpaired) electrons. The standard InChI is InChI=1S/C15H20N2O4/c1-11(18)17(14-7-9-21-10-8-14)13-5-3-12(4-6-13)16-15(19)20-2/h3-6,14H,7-10H2,1-2H3,(H,16,19). The van der Waals surface area contributed by atoms with Crippen molar-refractivity contribution in [3.8, 4) is 0 Å².